The summed E-state index contributed by atoms with van der Waals surface area (Å²) in [6.45, 7) is 8.80. The summed E-state index contributed by atoms with van der Waals surface area (Å²) >= 11 is 5.95. The molecule has 0 bridgehead atoms. The van der Waals surface area contributed by atoms with Gasteiger partial charge in [-0.15, -0.1) is 0 Å². The average Bonchev–Trinajstić information content (AvgIpc) is 2.89. The molecule has 1 aliphatic heterocycles. The second-order valence-electron chi connectivity index (χ2n) is 5.70. The van der Waals surface area contributed by atoms with E-state index in [9.17, 15) is 0 Å². The summed E-state index contributed by atoms with van der Waals surface area (Å²) in [7, 11) is 0. The molecule has 20 heavy (non-hydrogen) atoms. The van der Waals surface area contributed by atoms with Gasteiger partial charge in [0.15, 0.2) is 0 Å². The van der Waals surface area contributed by atoms with E-state index in [1.807, 2.05) is 24.3 Å². The average molecular weight is 297 g/mol. The van der Waals surface area contributed by atoms with E-state index in [-0.39, 0.29) is 6.10 Å². The van der Waals surface area contributed by atoms with Crippen molar-refractivity contribution in [3.05, 3.63) is 29.3 Å². The molecule has 2 rings (SSSR count). The predicted octanol–water partition coefficient (Wildman–Crippen LogP) is 3.18. The van der Waals surface area contributed by atoms with Crippen LogP contribution < -0.4 is 10.1 Å². The third-order valence-electron chi connectivity index (χ3n) is 3.62. The zero-order valence-electron chi connectivity index (χ0n) is 12.4. The third kappa shape index (κ3) is 5.31. The number of halogens is 1. The van der Waals surface area contributed by atoms with E-state index in [1.165, 1.54) is 25.9 Å². The van der Waals surface area contributed by atoms with Crippen molar-refractivity contribution < 1.29 is 4.74 Å². The van der Waals surface area contributed by atoms with Crippen LogP contribution in [-0.4, -0.2) is 43.2 Å². The molecular formula is C16H25ClN2O. The quantitative estimate of drug-likeness (QED) is 0.836. The van der Waals surface area contributed by atoms with Crippen LogP contribution in [0.25, 0.3) is 0 Å². The number of hydrogen-bond acceptors (Lipinski definition) is 3. The Balaban J connectivity index is 1.67. The molecule has 2 unspecified atom stereocenters. The Labute approximate surface area is 127 Å². The van der Waals surface area contributed by atoms with Crippen molar-refractivity contribution >= 4 is 11.6 Å². The number of likely N-dealkylation sites (tertiary alicyclic amines) is 1. The highest BCUT2D eigenvalue weighted by Gasteiger charge is 2.15. The number of hydrogen-bond donors (Lipinski definition) is 1. The zero-order valence-corrected chi connectivity index (χ0v) is 13.2. The van der Waals surface area contributed by atoms with Gasteiger partial charge in [-0.1, -0.05) is 17.7 Å². The molecule has 112 valence electrons. The van der Waals surface area contributed by atoms with Gasteiger partial charge in [0.05, 0.1) is 0 Å². The number of nitrogens with zero attached hydrogens (tertiary/aromatic N) is 1. The van der Waals surface area contributed by atoms with Gasteiger partial charge in [-0.05, 0) is 58.0 Å². The molecule has 1 aliphatic rings. The molecule has 1 N–H and O–H groups in total. The minimum atomic E-state index is 0.134. The standard InChI is InChI=1S/C16H25ClN2O/c1-13(12-19-8-3-4-9-19)18-11-14(2)20-16-7-5-6-15(17)10-16/h5-7,10,13-14,18H,3-4,8-9,11-12H2,1-2H3. The highest BCUT2D eigenvalue weighted by atomic mass is 35.5. The normalized spacial score (nSPS) is 18.9. The van der Waals surface area contributed by atoms with Crippen LogP contribution in [0.3, 0.4) is 0 Å². The molecule has 1 aromatic carbocycles. The van der Waals surface area contributed by atoms with Crippen molar-refractivity contribution in [3.63, 3.8) is 0 Å². The van der Waals surface area contributed by atoms with E-state index in [1.54, 1.807) is 0 Å². The Morgan fingerprint density at radius 1 is 1.30 bits per heavy atom. The molecule has 0 aliphatic carbocycles. The summed E-state index contributed by atoms with van der Waals surface area (Å²) in [5.41, 5.74) is 0. The van der Waals surface area contributed by atoms with Gasteiger partial charge >= 0.3 is 0 Å². The molecule has 2 atom stereocenters. The molecule has 4 heteroatoms. The molecular weight excluding hydrogens is 272 g/mol. The number of ether oxygens (including phenoxy) is 1. The molecule has 0 radical (unpaired) electrons. The summed E-state index contributed by atoms with van der Waals surface area (Å²) < 4.78 is 5.85. The van der Waals surface area contributed by atoms with Crippen molar-refractivity contribution in [2.24, 2.45) is 0 Å². The van der Waals surface area contributed by atoms with Crippen LogP contribution >= 0.6 is 11.6 Å². The van der Waals surface area contributed by atoms with E-state index in [4.69, 9.17) is 16.3 Å². The van der Waals surface area contributed by atoms with E-state index < -0.39 is 0 Å². The molecule has 0 aromatic heterocycles. The van der Waals surface area contributed by atoms with Crippen LogP contribution in [0, 0.1) is 0 Å². The van der Waals surface area contributed by atoms with E-state index in [0.717, 1.165) is 18.8 Å². The van der Waals surface area contributed by atoms with E-state index in [0.29, 0.717) is 11.1 Å². The van der Waals surface area contributed by atoms with Gasteiger partial charge in [0.2, 0.25) is 0 Å². The van der Waals surface area contributed by atoms with Crippen LogP contribution in [0.4, 0.5) is 0 Å². The first-order valence-corrected chi connectivity index (χ1v) is 7.89. The number of benzene rings is 1. The third-order valence-corrected chi connectivity index (χ3v) is 3.85. The maximum Gasteiger partial charge on any atom is 0.121 e. The van der Waals surface area contributed by atoms with Crippen LogP contribution in [0.1, 0.15) is 26.7 Å². The lowest BCUT2D eigenvalue weighted by molar-refractivity contribution is 0.205. The van der Waals surface area contributed by atoms with Gasteiger partial charge < -0.3 is 15.0 Å². The number of rotatable bonds is 7. The fourth-order valence-electron chi connectivity index (χ4n) is 2.60. The fraction of sp³-hybridized carbons (Fsp3) is 0.625. The minimum Gasteiger partial charge on any atom is -0.489 e. The van der Waals surface area contributed by atoms with Gasteiger partial charge in [0.1, 0.15) is 11.9 Å². The second kappa shape index (κ2) is 7.87. The van der Waals surface area contributed by atoms with Crippen LogP contribution in [0.15, 0.2) is 24.3 Å². The molecule has 0 saturated carbocycles. The SMILES string of the molecule is CC(CN1CCCC1)NCC(C)Oc1cccc(Cl)c1. The fourth-order valence-corrected chi connectivity index (χ4v) is 2.78. The maximum absolute atomic E-state index is 5.95. The van der Waals surface area contributed by atoms with Gasteiger partial charge in [0.25, 0.3) is 0 Å². The zero-order chi connectivity index (χ0) is 14.4. The smallest absolute Gasteiger partial charge is 0.121 e. The van der Waals surface area contributed by atoms with Gasteiger partial charge in [-0.2, -0.15) is 0 Å². The van der Waals surface area contributed by atoms with Gasteiger partial charge in [-0.3, -0.25) is 0 Å². The van der Waals surface area contributed by atoms with Crippen molar-refractivity contribution in [2.75, 3.05) is 26.2 Å². The predicted molar refractivity (Wildman–Crippen MR) is 84.7 cm³/mol. The van der Waals surface area contributed by atoms with Crippen molar-refractivity contribution in [2.45, 2.75) is 38.8 Å². The molecule has 1 saturated heterocycles. The van der Waals surface area contributed by atoms with Crippen LogP contribution in [0.2, 0.25) is 5.02 Å². The van der Waals surface area contributed by atoms with E-state index in [2.05, 4.69) is 24.1 Å². The molecule has 0 amide bonds. The number of nitrogens with one attached hydrogen (secondary N) is 1. The maximum atomic E-state index is 5.95. The van der Waals surface area contributed by atoms with Crippen LogP contribution in [0.5, 0.6) is 5.75 Å². The van der Waals surface area contributed by atoms with Crippen molar-refractivity contribution in [1.82, 2.24) is 10.2 Å². The van der Waals surface area contributed by atoms with Gasteiger partial charge in [-0.25, -0.2) is 0 Å². The lowest BCUT2D eigenvalue weighted by Gasteiger charge is -2.23. The lowest BCUT2D eigenvalue weighted by Crippen LogP contribution is -2.41. The molecule has 1 heterocycles. The summed E-state index contributed by atoms with van der Waals surface area (Å²) in [5, 5.41) is 4.26. The molecule has 3 nitrogen and oxygen atoms in total. The molecule has 1 aromatic rings. The summed E-state index contributed by atoms with van der Waals surface area (Å²) in [6, 6.07) is 8.06. The largest absolute Gasteiger partial charge is 0.489 e. The Morgan fingerprint density at radius 3 is 2.75 bits per heavy atom. The Bertz CT molecular complexity index is 407. The van der Waals surface area contributed by atoms with Crippen molar-refractivity contribution in [1.29, 1.82) is 0 Å². The summed E-state index contributed by atoms with van der Waals surface area (Å²) in [4.78, 5) is 2.53. The molecule has 1 fully saturated rings. The minimum absolute atomic E-state index is 0.134. The second-order valence-corrected chi connectivity index (χ2v) is 6.14. The highest BCUT2D eigenvalue weighted by Crippen LogP contribution is 2.18. The summed E-state index contributed by atoms with van der Waals surface area (Å²) in [6.07, 6.45) is 2.83. The monoisotopic (exact) mass is 296 g/mol. The van der Waals surface area contributed by atoms with E-state index >= 15 is 0 Å². The summed E-state index contributed by atoms with van der Waals surface area (Å²) in [5.74, 6) is 0.832. The first-order valence-electron chi connectivity index (χ1n) is 7.51. The Kier molecular flexibility index (Phi) is 6.14. The Morgan fingerprint density at radius 2 is 2.05 bits per heavy atom. The Hall–Kier alpha value is -0.770. The first kappa shape index (κ1) is 15.6. The van der Waals surface area contributed by atoms with Crippen LogP contribution in [-0.2, 0) is 0 Å². The topological polar surface area (TPSA) is 24.5 Å². The molecule has 0 spiro atoms. The van der Waals surface area contributed by atoms with Crippen molar-refractivity contribution in [3.8, 4) is 5.75 Å². The first-order chi connectivity index (χ1) is 9.63. The lowest BCUT2D eigenvalue weighted by atomic mass is 10.3. The van der Waals surface area contributed by atoms with Gasteiger partial charge in [0, 0.05) is 24.2 Å². The highest BCUT2D eigenvalue weighted by molar-refractivity contribution is 6.30.